The monoisotopic (exact) mass is 314 g/mol. The molecule has 3 rings (SSSR count). The highest BCUT2D eigenvalue weighted by molar-refractivity contribution is 7.91. The Hall–Kier alpha value is -1.41. The van der Waals surface area contributed by atoms with Crippen LogP contribution in [0.5, 0.6) is 0 Å². The SMILES string of the molecule is O=C(O)C1C2C=CC(C2)C1C(=O)NNC1CCS(=O)(=O)C1. The van der Waals surface area contributed by atoms with Crippen molar-refractivity contribution in [3.05, 3.63) is 12.2 Å². The molecule has 0 radical (unpaired) electrons. The summed E-state index contributed by atoms with van der Waals surface area (Å²) in [6.07, 6.45) is 4.95. The van der Waals surface area contributed by atoms with Gasteiger partial charge in [-0.25, -0.2) is 13.8 Å². The first-order chi connectivity index (χ1) is 9.87. The number of rotatable bonds is 4. The third-order valence-electron chi connectivity index (χ3n) is 4.68. The quantitative estimate of drug-likeness (QED) is 0.468. The van der Waals surface area contributed by atoms with Crippen molar-refractivity contribution in [2.45, 2.75) is 18.9 Å². The molecule has 0 aromatic heterocycles. The molecule has 5 unspecified atom stereocenters. The molecule has 2 bridgehead atoms. The van der Waals surface area contributed by atoms with E-state index in [0.29, 0.717) is 12.8 Å². The van der Waals surface area contributed by atoms with Crippen LogP contribution in [0, 0.1) is 23.7 Å². The Morgan fingerprint density at radius 2 is 1.81 bits per heavy atom. The summed E-state index contributed by atoms with van der Waals surface area (Å²) < 4.78 is 22.7. The maximum atomic E-state index is 12.2. The molecule has 3 aliphatic rings. The van der Waals surface area contributed by atoms with Crippen molar-refractivity contribution in [1.29, 1.82) is 0 Å². The van der Waals surface area contributed by atoms with E-state index in [-0.39, 0.29) is 35.3 Å². The van der Waals surface area contributed by atoms with Crippen LogP contribution in [-0.2, 0) is 19.4 Å². The zero-order valence-electron chi connectivity index (χ0n) is 11.4. The van der Waals surface area contributed by atoms with E-state index in [2.05, 4.69) is 10.9 Å². The number of carbonyl (C=O) groups excluding carboxylic acids is 1. The predicted molar refractivity (Wildman–Crippen MR) is 73.7 cm³/mol. The fourth-order valence-electron chi connectivity index (χ4n) is 3.68. The minimum atomic E-state index is -3.01. The highest BCUT2D eigenvalue weighted by Crippen LogP contribution is 2.48. The molecule has 0 aromatic carbocycles. The van der Waals surface area contributed by atoms with Gasteiger partial charge >= 0.3 is 5.97 Å². The summed E-state index contributed by atoms with van der Waals surface area (Å²) in [5.41, 5.74) is 5.26. The van der Waals surface area contributed by atoms with E-state index < -0.39 is 27.6 Å². The molecule has 116 valence electrons. The lowest BCUT2D eigenvalue weighted by atomic mass is 9.82. The van der Waals surface area contributed by atoms with E-state index in [1.807, 2.05) is 12.2 Å². The van der Waals surface area contributed by atoms with Crippen LogP contribution in [0.3, 0.4) is 0 Å². The molecule has 21 heavy (non-hydrogen) atoms. The Bertz CT molecular complexity index is 600. The number of sulfone groups is 1. The number of carboxylic acid groups (broad SMARTS) is 1. The topological polar surface area (TPSA) is 113 Å². The second-order valence-corrected chi connectivity index (χ2v) is 8.30. The Kier molecular flexibility index (Phi) is 3.53. The van der Waals surface area contributed by atoms with E-state index in [4.69, 9.17) is 0 Å². The van der Waals surface area contributed by atoms with Crippen LogP contribution < -0.4 is 10.9 Å². The van der Waals surface area contributed by atoms with Gasteiger partial charge in [0.25, 0.3) is 0 Å². The Morgan fingerprint density at radius 1 is 1.14 bits per heavy atom. The third kappa shape index (κ3) is 2.69. The maximum absolute atomic E-state index is 12.2. The molecule has 7 nitrogen and oxygen atoms in total. The first-order valence-corrected chi connectivity index (χ1v) is 8.86. The van der Waals surface area contributed by atoms with Gasteiger partial charge in [-0.1, -0.05) is 12.2 Å². The molecule has 1 amide bonds. The van der Waals surface area contributed by atoms with Crippen LogP contribution in [0.2, 0.25) is 0 Å². The number of amides is 1. The molecule has 2 fully saturated rings. The summed E-state index contributed by atoms with van der Waals surface area (Å²) >= 11 is 0. The molecule has 5 atom stereocenters. The van der Waals surface area contributed by atoms with Crippen molar-refractivity contribution in [2.24, 2.45) is 23.7 Å². The van der Waals surface area contributed by atoms with Gasteiger partial charge in [0.2, 0.25) is 5.91 Å². The average molecular weight is 314 g/mol. The van der Waals surface area contributed by atoms with Gasteiger partial charge in [0.05, 0.1) is 23.3 Å². The van der Waals surface area contributed by atoms with E-state index in [9.17, 15) is 23.1 Å². The zero-order chi connectivity index (χ0) is 15.2. The molecule has 1 aliphatic heterocycles. The normalized spacial score (nSPS) is 39.5. The van der Waals surface area contributed by atoms with Crippen molar-refractivity contribution in [1.82, 2.24) is 10.9 Å². The van der Waals surface area contributed by atoms with E-state index >= 15 is 0 Å². The van der Waals surface area contributed by atoms with Crippen LogP contribution in [0.15, 0.2) is 12.2 Å². The van der Waals surface area contributed by atoms with E-state index in [1.54, 1.807) is 0 Å². The fraction of sp³-hybridized carbons (Fsp3) is 0.692. The molecule has 1 heterocycles. The number of nitrogens with one attached hydrogen (secondary N) is 2. The van der Waals surface area contributed by atoms with Gasteiger partial charge in [-0.3, -0.25) is 15.0 Å². The summed E-state index contributed by atoms with van der Waals surface area (Å²) in [7, 11) is -3.01. The number of allylic oxidation sites excluding steroid dienone is 2. The number of aliphatic carboxylic acids is 1. The summed E-state index contributed by atoms with van der Waals surface area (Å²) in [5, 5.41) is 9.29. The van der Waals surface area contributed by atoms with Crippen molar-refractivity contribution in [2.75, 3.05) is 11.5 Å². The maximum Gasteiger partial charge on any atom is 0.307 e. The molecule has 0 spiro atoms. The second-order valence-electron chi connectivity index (χ2n) is 6.07. The number of carboxylic acids is 1. The molecule has 8 heteroatoms. The van der Waals surface area contributed by atoms with Crippen LogP contribution in [-0.4, -0.2) is 42.9 Å². The van der Waals surface area contributed by atoms with Gasteiger partial charge in [-0.05, 0) is 24.7 Å². The van der Waals surface area contributed by atoms with Crippen LogP contribution in [0.25, 0.3) is 0 Å². The summed E-state index contributed by atoms with van der Waals surface area (Å²) in [6, 6.07) is -0.295. The smallest absolute Gasteiger partial charge is 0.307 e. The fourth-order valence-corrected chi connectivity index (χ4v) is 5.36. The minimum Gasteiger partial charge on any atom is -0.481 e. The second kappa shape index (κ2) is 5.10. The number of hydrazine groups is 1. The highest BCUT2D eigenvalue weighted by atomic mass is 32.2. The lowest BCUT2D eigenvalue weighted by Gasteiger charge is -2.24. The third-order valence-corrected chi connectivity index (χ3v) is 6.45. The largest absolute Gasteiger partial charge is 0.481 e. The minimum absolute atomic E-state index is 0.00621. The van der Waals surface area contributed by atoms with Gasteiger partial charge in [-0.15, -0.1) is 0 Å². The highest BCUT2D eigenvalue weighted by Gasteiger charge is 2.51. The first kappa shape index (κ1) is 14.5. The lowest BCUT2D eigenvalue weighted by Crippen LogP contribution is -2.50. The molecule has 3 N–H and O–H groups in total. The van der Waals surface area contributed by atoms with Gasteiger partial charge in [0, 0.05) is 6.04 Å². The standard InChI is InChI=1S/C13H18N2O5S/c16-12(15-14-9-3-4-21(19,20)6-9)10-7-1-2-8(5-7)11(10)13(17)18/h1-2,7-11,14H,3-6H2,(H,15,16)(H,17,18). The van der Waals surface area contributed by atoms with Gasteiger partial charge in [-0.2, -0.15) is 0 Å². The summed E-state index contributed by atoms with van der Waals surface area (Å²) in [4.78, 5) is 23.6. The number of hydrogen-bond donors (Lipinski definition) is 3. The number of hydrogen-bond acceptors (Lipinski definition) is 5. The van der Waals surface area contributed by atoms with E-state index in [0.717, 1.165) is 0 Å². The summed E-state index contributed by atoms with van der Waals surface area (Å²) in [5.74, 6) is -2.56. The first-order valence-electron chi connectivity index (χ1n) is 7.04. The van der Waals surface area contributed by atoms with Crippen molar-refractivity contribution in [3.8, 4) is 0 Å². The molecular formula is C13H18N2O5S. The lowest BCUT2D eigenvalue weighted by molar-refractivity contribution is -0.148. The number of fused-ring (bicyclic) bond motifs is 2. The van der Waals surface area contributed by atoms with Crippen LogP contribution in [0.1, 0.15) is 12.8 Å². The molecule has 0 aromatic rings. The van der Waals surface area contributed by atoms with Crippen molar-refractivity contribution >= 4 is 21.7 Å². The van der Waals surface area contributed by atoms with Crippen LogP contribution >= 0.6 is 0 Å². The van der Waals surface area contributed by atoms with Gasteiger partial charge in [0.1, 0.15) is 0 Å². The van der Waals surface area contributed by atoms with Crippen molar-refractivity contribution in [3.63, 3.8) is 0 Å². The van der Waals surface area contributed by atoms with Gasteiger partial charge < -0.3 is 5.11 Å². The van der Waals surface area contributed by atoms with Crippen LogP contribution in [0.4, 0.5) is 0 Å². The zero-order valence-corrected chi connectivity index (χ0v) is 12.2. The molecule has 1 saturated carbocycles. The Labute approximate surface area is 122 Å². The predicted octanol–water partition coefficient (Wildman–Crippen LogP) is -0.683. The van der Waals surface area contributed by atoms with Gasteiger partial charge in [0.15, 0.2) is 9.84 Å². The Balaban J connectivity index is 1.61. The molecular weight excluding hydrogens is 296 g/mol. The molecule has 2 aliphatic carbocycles. The average Bonchev–Trinajstić information content (AvgIpc) is 3.08. The van der Waals surface area contributed by atoms with E-state index in [1.165, 1.54) is 0 Å². The summed E-state index contributed by atoms with van der Waals surface area (Å²) in [6.45, 7) is 0. The Morgan fingerprint density at radius 3 is 2.38 bits per heavy atom. The molecule has 1 saturated heterocycles. The number of carbonyl (C=O) groups is 2. The van der Waals surface area contributed by atoms with Crippen molar-refractivity contribution < 1.29 is 23.1 Å².